The van der Waals surface area contributed by atoms with Crippen molar-refractivity contribution in [2.75, 3.05) is 12.4 Å². The quantitative estimate of drug-likeness (QED) is 0.741. The van der Waals surface area contributed by atoms with Crippen LogP contribution in [0.25, 0.3) is 0 Å². The molecular formula is C19H19FN4O. The summed E-state index contributed by atoms with van der Waals surface area (Å²) in [6, 6.07) is 12.8. The molecule has 2 heterocycles. The molecule has 0 aliphatic carbocycles. The summed E-state index contributed by atoms with van der Waals surface area (Å²) in [5, 5.41) is 3.16. The highest BCUT2D eigenvalue weighted by molar-refractivity contribution is 5.48. The van der Waals surface area contributed by atoms with Crippen molar-refractivity contribution >= 4 is 5.82 Å². The van der Waals surface area contributed by atoms with E-state index in [0.29, 0.717) is 17.9 Å². The van der Waals surface area contributed by atoms with E-state index in [2.05, 4.69) is 20.3 Å². The lowest BCUT2D eigenvalue weighted by Crippen LogP contribution is -2.17. The predicted molar refractivity (Wildman–Crippen MR) is 94.1 cm³/mol. The minimum Gasteiger partial charge on any atom is -0.496 e. The molecule has 0 bridgehead atoms. The molecule has 1 atom stereocenters. The number of pyridine rings is 1. The third kappa shape index (κ3) is 3.57. The number of anilines is 1. The van der Waals surface area contributed by atoms with Gasteiger partial charge in [-0.25, -0.2) is 14.4 Å². The molecule has 2 aromatic heterocycles. The third-order valence-electron chi connectivity index (χ3n) is 3.91. The lowest BCUT2D eigenvalue weighted by Gasteiger charge is -2.22. The van der Waals surface area contributed by atoms with Crippen LogP contribution in [-0.4, -0.2) is 22.1 Å². The molecule has 128 valence electrons. The Hall–Kier alpha value is -3.02. The van der Waals surface area contributed by atoms with E-state index in [-0.39, 0.29) is 5.82 Å². The smallest absolute Gasteiger partial charge is 0.186 e. The molecule has 0 amide bonds. The molecule has 6 heteroatoms. The molecule has 1 N–H and O–H groups in total. The average molecular weight is 338 g/mol. The van der Waals surface area contributed by atoms with Crippen molar-refractivity contribution in [3.8, 4) is 5.75 Å². The lowest BCUT2D eigenvalue weighted by atomic mass is 10.0. The van der Waals surface area contributed by atoms with E-state index in [1.54, 1.807) is 13.3 Å². The first-order valence-electron chi connectivity index (χ1n) is 8.04. The topological polar surface area (TPSA) is 59.9 Å². The third-order valence-corrected chi connectivity index (χ3v) is 3.91. The number of aromatic nitrogens is 3. The van der Waals surface area contributed by atoms with E-state index in [9.17, 15) is 4.39 Å². The van der Waals surface area contributed by atoms with E-state index in [0.717, 1.165) is 11.3 Å². The predicted octanol–water partition coefficient (Wildman–Crippen LogP) is 3.78. The zero-order chi connectivity index (χ0) is 17.6. The maximum atomic E-state index is 14.6. The van der Waals surface area contributed by atoms with Gasteiger partial charge in [0.1, 0.15) is 12.1 Å². The van der Waals surface area contributed by atoms with Crippen molar-refractivity contribution in [1.29, 1.82) is 0 Å². The number of methoxy groups -OCH3 is 1. The fourth-order valence-corrected chi connectivity index (χ4v) is 2.65. The lowest BCUT2D eigenvalue weighted by molar-refractivity contribution is 0.408. The number of nitrogens with zero attached hydrogens (tertiary/aromatic N) is 3. The van der Waals surface area contributed by atoms with E-state index in [4.69, 9.17) is 4.74 Å². The minimum absolute atomic E-state index is 0.147. The number of para-hydroxylation sites is 1. The number of hydrogen-bond donors (Lipinski definition) is 1. The standard InChI is InChI=1S/C19H19FN4O/c1-3-14-17(20)19(23-12-22-14)24-18(15-9-6-7-11-21-15)13-8-4-5-10-16(13)25-2/h4-12,18H,3H2,1-2H3,(H,22,23,24). The van der Waals surface area contributed by atoms with Crippen LogP contribution >= 0.6 is 0 Å². The second-order valence-electron chi connectivity index (χ2n) is 5.41. The largest absolute Gasteiger partial charge is 0.496 e. The fourth-order valence-electron chi connectivity index (χ4n) is 2.65. The average Bonchev–Trinajstić information content (AvgIpc) is 2.68. The number of hydrogen-bond acceptors (Lipinski definition) is 5. The summed E-state index contributed by atoms with van der Waals surface area (Å²) in [5.74, 6) is 0.394. The number of benzene rings is 1. The maximum absolute atomic E-state index is 14.6. The maximum Gasteiger partial charge on any atom is 0.186 e. The van der Waals surface area contributed by atoms with Gasteiger partial charge in [0.05, 0.1) is 24.5 Å². The van der Waals surface area contributed by atoms with Crippen molar-refractivity contribution in [3.05, 3.63) is 77.8 Å². The van der Waals surface area contributed by atoms with Crippen LogP contribution in [0.1, 0.15) is 29.9 Å². The van der Waals surface area contributed by atoms with Gasteiger partial charge in [-0.15, -0.1) is 0 Å². The highest BCUT2D eigenvalue weighted by Gasteiger charge is 2.22. The van der Waals surface area contributed by atoms with Crippen molar-refractivity contribution in [2.45, 2.75) is 19.4 Å². The van der Waals surface area contributed by atoms with Crippen molar-refractivity contribution in [1.82, 2.24) is 15.0 Å². The van der Waals surface area contributed by atoms with Gasteiger partial charge in [0.15, 0.2) is 11.6 Å². The number of halogens is 1. The number of rotatable bonds is 6. The molecule has 0 spiro atoms. The normalized spacial score (nSPS) is 11.8. The molecule has 1 aromatic carbocycles. The molecule has 1 unspecified atom stereocenters. The van der Waals surface area contributed by atoms with Crippen LogP contribution in [-0.2, 0) is 6.42 Å². The summed E-state index contributed by atoms with van der Waals surface area (Å²) in [4.78, 5) is 12.5. The Morgan fingerprint density at radius 2 is 1.88 bits per heavy atom. The van der Waals surface area contributed by atoms with Crippen LogP contribution in [0.5, 0.6) is 5.75 Å². The Balaban J connectivity index is 2.07. The molecule has 3 aromatic rings. The van der Waals surface area contributed by atoms with Gasteiger partial charge in [0.2, 0.25) is 0 Å². The zero-order valence-electron chi connectivity index (χ0n) is 14.1. The molecule has 0 saturated heterocycles. The Morgan fingerprint density at radius 3 is 2.60 bits per heavy atom. The Morgan fingerprint density at radius 1 is 1.08 bits per heavy atom. The molecule has 25 heavy (non-hydrogen) atoms. The fraction of sp³-hybridized carbons (Fsp3) is 0.211. The van der Waals surface area contributed by atoms with E-state index in [1.807, 2.05) is 49.4 Å². The number of ether oxygens (including phenoxy) is 1. The van der Waals surface area contributed by atoms with Gasteiger partial charge in [-0.1, -0.05) is 31.2 Å². The van der Waals surface area contributed by atoms with Crippen molar-refractivity contribution < 1.29 is 9.13 Å². The van der Waals surface area contributed by atoms with Gasteiger partial charge >= 0.3 is 0 Å². The van der Waals surface area contributed by atoms with Gasteiger partial charge in [-0.3, -0.25) is 4.98 Å². The molecular weight excluding hydrogens is 319 g/mol. The van der Waals surface area contributed by atoms with Crippen LogP contribution in [0.2, 0.25) is 0 Å². The molecule has 3 rings (SSSR count). The summed E-state index contributed by atoms with van der Waals surface area (Å²) in [6.07, 6.45) is 3.56. The summed E-state index contributed by atoms with van der Waals surface area (Å²) in [7, 11) is 1.61. The highest BCUT2D eigenvalue weighted by Crippen LogP contribution is 2.32. The van der Waals surface area contributed by atoms with Crippen LogP contribution in [0.4, 0.5) is 10.2 Å². The first-order chi connectivity index (χ1) is 12.2. The summed E-state index contributed by atoms with van der Waals surface area (Å²) < 4.78 is 20.1. The summed E-state index contributed by atoms with van der Waals surface area (Å²) in [5.41, 5.74) is 1.96. The molecule has 0 radical (unpaired) electrons. The molecule has 0 saturated carbocycles. The van der Waals surface area contributed by atoms with Gasteiger partial charge in [0, 0.05) is 11.8 Å². The number of nitrogens with one attached hydrogen (secondary N) is 1. The summed E-state index contributed by atoms with van der Waals surface area (Å²) >= 11 is 0. The van der Waals surface area contributed by atoms with Crippen LogP contribution in [0, 0.1) is 5.82 Å². The van der Waals surface area contributed by atoms with Gasteiger partial charge < -0.3 is 10.1 Å². The highest BCUT2D eigenvalue weighted by atomic mass is 19.1. The molecule has 0 aliphatic rings. The molecule has 5 nitrogen and oxygen atoms in total. The SMILES string of the molecule is CCc1ncnc(NC(c2ccccn2)c2ccccc2OC)c1F. The van der Waals surface area contributed by atoms with Gasteiger partial charge in [0.25, 0.3) is 0 Å². The minimum atomic E-state index is -0.444. The number of aryl methyl sites for hydroxylation is 1. The Labute approximate surface area is 145 Å². The van der Waals surface area contributed by atoms with Crippen LogP contribution in [0.15, 0.2) is 55.0 Å². The van der Waals surface area contributed by atoms with Gasteiger partial charge in [-0.2, -0.15) is 0 Å². The zero-order valence-corrected chi connectivity index (χ0v) is 14.1. The van der Waals surface area contributed by atoms with E-state index >= 15 is 0 Å². The van der Waals surface area contributed by atoms with E-state index < -0.39 is 11.9 Å². The van der Waals surface area contributed by atoms with E-state index in [1.165, 1.54) is 6.33 Å². The second kappa shape index (κ2) is 7.70. The Bertz CT molecular complexity index is 842. The van der Waals surface area contributed by atoms with Crippen LogP contribution in [0.3, 0.4) is 0 Å². The first-order valence-corrected chi connectivity index (χ1v) is 8.04. The monoisotopic (exact) mass is 338 g/mol. The Kier molecular flexibility index (Phi) is 5.18. The molecule has 0 aliphatic heterocycles. The first kappa shape index (κ1) is 16.8. The van der Waals surface area contributed by atoms with Crippen molar-refractivity contribution in [3.63, 3.8) is 0 Å². The van der Waals surface area contributed by atoms with Crippen molar-refractivity contribution in [2.24, 2.45) is 0 Å². The summed E-state index contributed by atoms with van der Waals surface area (Å²) in [6.45, 7) is 1.85. The van der Waals surface area contributed by atoms with Gasteiger partial charge in [-0.05, 0) is 24.6 Å². The van der Waals surface area contributed by atoms with Crippen LogP contribution < -0.4 is 10.1 Å². The molecule has 0 fully saturated rings. The second-order valence-corrected chi connectivity index (χ2v) is 5.41.